The highest BCUT2D eigenvalue weighted by atomic mass is 32.2. The van der Waals surface area contributed by atoms with Crippen molar-refractivity contribution < 1.29 is 9.21 Å². The first-order chi connectivity index (χ1) is 14.0. The van der Waals surface area contributed by atoms with Crippen LogP contribution < -0.4 is 5.32 Å². The SMILES string of the molecule is Cc1ccc(-c2nnc(S[C@H](C)C(=O)N[C@@H]3CCCc4ccccc43)o2)cc1C. The highest BCUT2D eigenvalue weighted by molar-refractivity contribution is 8.00. The van der Waals surface area contributed by atoms with E-state index in [0.717, 1.165) is 24.8 Å². The van der Waals surface area contributed by atoms with Crippen molar-refractivity contribution in [3.8, 4) is 11.5 Å². The van der Waals surface area contributed by atoms with Crippen LogP contribution in [0, 0.1) is 13.8 Å². The van der Waals surface area contributed by atoms with E-state index in [1.54, 1.807) is 0 Å². The monoisotopic (exact) mass is 407 g/mol. The molecule has 1 N–H and O–H groups in total. The Morgan fingerprint density at radius 3 is 2.83 bits per heavy atom. The molecule has 0 radical (unpaired) electrons. The van der Waals surface area contributed by atoms with Crippen LogP contribution in [0.5, 0.6) is 0 Å². The van der Waals surface area contributed by atoms with Gasteiger partial charge in [0.15, 0.2) is 0 Å². The summed E-state index contributed by atoms with van der Waals surface area (Å²) >= 11 is 1.29. The van der Waals surface area contributed by atoms with Crippen molar-refractivity contribution in [2.45, 2.75) is 56.5 Å². The van der Waals surface area contributed by atoms with E-state index in [-0.39, 0.29) is 17.2 Å². The van der Waals surface area contributed by atoms with E-state index in [0.29, 0.717) is 11.1 Å². The molecule has 1 amide bonds. The summed E-state index contributed by atoms with van der Waals surface area (Å²) < 4.78 is 5.79. The molecule has 1 heterocycles. The van der Waals surface area contributed by atoms with Crippen molar-refractivity contribution in [1.29, 1.82) is 0 Å². The number of carbonyl (C=O) groups is 1. The van der Waals surface area contributed by atoms with Gasteiger partial charge in [-0.25, -0.2) is 0 Å². The van der Waals surface area contributed by atoms with Gasteiger partial charge in [-0.05, 0) is 74.4 Å². The zero-order valence-corrected chi connectivity index (χ0v) is 17.8. The number of hydrogen-bond donors (Lipinski definition) is 1. The molecule has 0 unspecified atom stereocenters. The number of rotatable bonds is 5. The van der Waals surface area contributed by atoms with Crippen LogP contribution in [0.2, 0.25) is 0 Å². The van der Waals surface area contributed by atoms with Crippen LogP contribution in [-0.2, 0) is 11.2 Å². The van der Waals surface area contributed by atoms with E-state index in [4.69, 9.17) is 4.42 Å². The van der Waals surface area contributed by atoms with E-state index in [9.17, 15) is 4.79 Å². The van der Waals surface area contributed by atoms with E-state index < -0.39 is 0 Å². The molecule has 0 bridgehead atoms. The fourth-order valence-electron chi connectivity index (χ4n) is 3.65. The smallest absolute Gasteiger partial charge is 0.277 e. The second kappa shape index (κ2) is 8.41. The molecule has 2 aromatic carbocycles. The number of nitrogens with one attached hydrogen (secondary N) is 1. The number of fused-ring (bicyclic) bond motifs is 1. The van der Waals surface area contributed by atoms with Crippen molar-refractivity contribution in [3.05, 3.63) is 64.7 Å². The van der Waals surface area contributed by atoms with Gasteiger partial charge in [0.25, 0.3) is 5.22 Å². The van der Waals surface area contributed by atoms with E-state index >= 15 is 0 Å². The zero-order chi connectivity index (χ0) is 20.4. The number of aromatic nitrogens is 2. The Kier molecular flexibility index (Phi) is 5.72. The van der Waals surface area contributed by atoms with E-state index in [2.05, 4.69) is 47.6 Å². The molecular formula is C23H25N3O2S. The van der Waals surface area contributed by atoms with Crippen molar-refractivity contribution >= 4 is 17.7 Å². The van der Waals surface area contributed by atoms with Gasteiger partial charge in [0, 0.05) is 5.56 Å². The van der Waals surface area contributed by atoms with Crippen LogP contribution in [0.1, 0.15) is 48.1 Å². The molecule has 29 heavy (non-hydrogen) atoms. The van der Waals surface area contributed by atoms with Gasteiger partial charge in [-0.2, -0.15) is 0 Å². The van der Waals surface area contributed by atoms with Crippen LogP contribution in [0.15, 0.2) is 52.1 Å². The summed E-state index contributed by atoms with van der Waals surface area (Å²) in [5, 5.41) is 11.5. The summed E-state index contributed by atoms with van der Waals surface area (Å²) in [6, 6.07) is 14.5. The topological polar surface area (TPSA) is 68.0 Å². The highest BCUT2D eigenvalue weighted by Gasteiger charge is 2.25. The average molecular weight is 408 g/mol. The number of nitrogens with zero attached hydrogens (tertiary/aromatic N) is 2. The van der Waals surface area contributed by atoms with Crippen molar-refractivity contribution in [2.75, 3.05) is 0 Å². The predicted octanol–water partition coefficient (Wildman–Crippen LogP) is 5.03. The Morgan fingerprint density at radius 1 is 1.17 bits per heavy atom. The third-order valence-electron chi connectivity index (χ3n) is 5.49. The number of amides is 1. The lowest BCUT2D eigenvalue weighted by Crippen LogP contribution is -2.35. The van der Waals surface area contributed by atoms with Crippen LogP contribution in [0.3, 0.4) is 0 Å². The molecule has 2 atom stereocenters. The van der Waals surface area contributed by atoms with Crippen molar-refractivity contribution in [3.63, 3.8) is 0 Å². The van der Waals surface area contributed by atoms with Crippen LogP contribution >= 0.6 is 11.8 Å². The fourth-order valence-corrected chi connectivity index (χ4v) is 4.34. The third-order valence-corrected chi connectivity index (χ3v) is 6.43. The lowest BCUT2D eigenvalue weighted by molar-refractivity contribution is -0.121. The summed E-state index contributed by atoms with van der Waals surface area (Å²) in [7, 11) is 0. The first-order valence-electron chi connectivity index (χ1n) is 9.97. The minimum atomic E-state index is -0.322. The minimum Gasteiger partial charge on any atom is -0.411 e. The van der Waals surface area contributed by atoms with Gasteiger partial charge < -0.3 is 9.73 Å². The molecule has 3 aromatic rings. The molecule has 0 saturated carbocycles. The molecule has 0 aliphatic heterocycles. The molecule has 1 aliphatic carbocycles. The number of aryl methyl sites for hydroxylation is 3. The van der Waals surface area contributed by atoms with E-state index in [1.807, 2.05) is 31.2 Å². The van der Waals surface area contributed by atoms with E-state index in [1.165, 1.54) is 34.0 Å². The Morgan fingerprint density at radius 2 is 2.00 bits per heavy atom. The first kappa shape index (κ1) is 19.7. The van der Waals surface area contributed by atoms with Gasteiger partial charge in [-0.1, -0.05) is 42.1 Å². The summed E-state index contributed by atoms with van der Waals surface area (Å²) in [5.41, 5.74) is 5.86. The Labute approximate surface area is 175 Å². The van der Waals surface area contributed by atoms with Crippen LogP contribution in [-0.4, -0.2) is 21.4 Å². The quantitative estimate of drug-likeness (QED) is 0.601. The number of carbonyl (C=O) groups excluding carboxylic acids is 1. The molecule has 1 aromatic heterocycles. The molecule has 150 valence electrons. The normalized spacial score (nSPS) is 16.9. The number of thioether (sulfide) groups is 1. The van der Waals surface area contributed by atoms with Gasteiger partial charge in [0.05, 0.1) is 11.3 Å². The first-order valence-corrected chi connectivity index (χ1v) is 10.8. The maximum absolute atomic E-state index is 12.8. The second-order valence-corrected chi connectivity index (χ2v) is 8.88. The lowest BCUT2D eigenvalue weighted by Gasteiger charge is -2.27. The van der Waals surface area contributed by atoms with Gasteiger partial charge >= 0.3 is 0 Å². The van der Waals surface area contributed by atoms with Gasteiger partial charge in [0.1, 0.15) is 0 Å². The summed E-state index contributed by atoms with van der Waals surface area (Å²) in [5.74, 6) is 0.465. The Bertz CT molecular complexity index is 1030. The fraction of sp³-hybridized carbons (Fsp3) is 0.348. The van der Waals surface area contributed by atoms with Crippen LogP contribution in [0.4, 0.5) is 0 Å². The minimum absolute atomic E-state index is 0.0115. The molecule has 0 fully saturated rings. The van der Waals surface area contributed by atoms with Gasteiger partial charge in [0.2, 0.25) is 11.8 Å². The zero-order valence-electron chi connectivity index (χ0n) is 16.9. The summed E-state index contributed by atoms with van der Waals surface area (Å²) in [6.45, 7) is 5.99. The highest BCUT2D eigenvalue weighted by Crippen LogP contribution is 2.31. The third kappa shape index (κ3) is 4.37. The Hall–Kier alpha value is -2.60. The lowest BCUT2D eigenvalue weighted by atomic mass is 9.88. The van der Waals surface area contributed by atoms with Gasteiger partial charge in [-0.15, -0.1) is 10.2 Å². The average Bonchev–Trinajstić information content (AvgIpc) is 3.18. The molecule has 5 nitrogen and oxygen atoms in total. The molecule has 1 aliphatic rings. The summed E-state index contributed by atoms with van der Waals surface area (Å²) in [6.07, 6.45) is 3.14. The molecule has 0 spiro atoms. The standard InChI is InChI=1S/C23H25N3O2S/c1-14-11-12-18(13-15(14)2)22-25-26-23(28-22)29-16(3)21(27)24-20-10-6-8-17-7-4-5-9-19(17)20/h4-5,7,9,11-13,16,20H,6,8,10H2,1-3H3,(H,24,27)/t16-,20-/m1/s1. The van der Waals surface area contributed by atoms with Gasteiger partial charge in [-0.3, -0.25) is 4.79 Å². The number of hydrogen-bond acceptors (Lipinski definition) is 5. The predicted molar refractivity (Wildman–Crippen MR) is 115 cm³/mol. The van der Waals surface area contributed by atoms with Crippen molar-refractivity contribution in [1.82, 2.24) is 15.5 Å². The maximum atomic E-state index is 12.8. The molecule has 6 heteroatoms. The Balaban J connectivity index is 1.41. The number of benzene rings is 2. The summed E-state index contributed by atoms with van der Waals surface area (Å²) in [4.78, 5) is 12.8. The van der Waals surface area contributed by atoms with Crippen molar-refractivity contribution in [2.24, 2.45) is 0 Å². The second-order valence-electron chi connectivity index (χ2n) is 7.58. The molecule has 4 rings (SSSR count). The van der Waals surface area contributed by atoms with Crippen LogP contribution in [0.25, 0.3) is 11.5 Å². The largest absolute Gasteiger partial charge is 0.411 e. The molecular weight excluding hydrogens is 382 g/mol. The maximum Gasteiger partial charge on any atom is 0.277 e. The molecule has 0 saturated heterocycles.